The SMILES string of the molecule is Cc1ccnc([C@@H](NC(=O)c2cc3ccccc3c(=O)[nH]2)C2CC2)n1. The van der Waals surface area contributed by atoms with Gasteiger partial charge in [0, 0.05) is 17.3 Å². The monoisotopic (exact) mass is 334 g/mol. The lowest BCUT2D eigenvalue weighted by Crippen LogP contribution is -2.32. The van der Waals surface area contributed by atoms with E-state index in [4.69, 9.17) is 0 Å². The van der Waals surface area contributed by atoms with Gasteiger partial charge in [-0.25, -0.2) is 9.97 Å². The van der Waals surface area contributed by atoms with Crippen LogP contribution in [0.1, 0.15) is 40.9 Å². The summed E-state index contributed by atoms with van der Waals surface area (Å²) in [4.78, 5) is 36.3. The van der Waals surface area contributed by atoms with Gasteiger partial charge in [-0.3, -0.25) is 9.59 Å². The van der Waals surface area contributed by atoms with Gasteiger partial charge in [0.15, 0.2) is 5.82 Å². The standard InChI is InChI=1S/C19H18N4O2/c1-11-8-9-20-17(21-11)16(12-6-7-12)23-19(25)15-10-13-4-2-3-5-14(13)18(24)22-15/h2-5,8-10,12,16H,6-7H2,1H3,(H,22,24)(H,23,25)/t16-/m0/s1. The van der Waals surface area contributed by atoms with Crippen LogP contribution in [0.25, 0.3) is 10.8 Å². The van der Waals surface area contributed by atoms with Crippen LogP contribution in [0.2, 0.25) is 0 Å². The molecule has 25 heavy (non-hydrogen) atoms. The number of rotatable bonds is 4. The molecule has 0 bridgehead atoms. The van der Waals surface area contributed by atoms with Crippen molar-refractivity contribution in [3.8, 4) is 0 Å². The van der Waals surface area contributed by atoms with Gasteiger partial charge >= 0.3 is 0 Å². The van der Waals surface area contributed by atoms with Crippen LogP contribution in [-0.4, -0.2) is 20.9 Å². The summed E-state index contributed by atoms with van der Waals surface area (Å²) < 4.78 is 0. The Morgan fingerprint density at radius 1 is 1.28 bits per heavy atom. The Bertz CT molecular complexity index is 1010. The number of carbonyl (C=O) groups excluding carboxylic acids is 1. The predicted octanol–water partition coefficient (Wildman–Crippen LogP) is 2.51. The zero-order valence-electron chi connectivity index (χ0n) is 13.8. The summed E-state index contributed by atoms with van der Waals surface area (Å²) in [5.74, 6) is 0.654. The zero-order chi connectivity index (χ0) is 17.4. The number of pyridine rings is 1. The quantitative estimate of drug-likeness (QED) is 0.767. The highest BCUT2D eigenvalue weighted by Crippen LogP contribution is 2.40. The Morgan fingerprint density at radius 3 is 2.84 bits per heavy atom. The Labute approximate surface area is 144 Å². The predicted molar refractivity (Wildman–Crippen MR) is 94.3 cm³/mol. The smallest absolute Gasteiger partial charge is 0.268 e. The molecule has 6 nitrogen and oxygen atoms in total. The van der Waals surface area contributed by atoms with Crippen LogP contribution in [0.4, 0.5) is 0 Å². The first-order valence-corrected chi connectivity index (χ1v) is 8.34. The number of aromatic nitrogens is 3. The maximum atomic E-state index is 12.7. The third-order valence-electron chi connectivity index (χ3n) is 4.47. The van der Waals surface area contributed by atoms with E-state index in [-0.39, 0.29) is 23.2 Å². The molecule has 1 fully saturated rings. The average Bonchev–Trinajstić information content (AvgIpc) is 3.44. The summed E-state index contributed by atoms with van der Waals surface area (Å²) in [6, 6.07) is 10.5. The molecule has 1 saturated carbocycles. The van der Waals surface area contributed by atoms with Gasteiger partial charge in [-0.2, -0.15) is 0 Å². The molecule has 0 spiro atoms. The summed E-state index contributed by atoms with van der Waals surface area (Å²) in [5.41, 5.74) is 0.851. The summed E-state index contributed by atoms with van der Waals surface area (Å²) in [6.45, 7) is 1.90. The van der Waals surface area contributed by atoms with Crippen LogP contribution < -0.4 is 10.9 Å². The number of hydrogen-bond acceptors (Lipinski definition) is 4. The third kappa shape index (κ3) is 3.15. The first-order valence-electron chi connectivity index (χ1n) is 8.34. The number of benzene rings is 1. The largest absolute Gasteiger partial charge is 0.340 e. The van der Waals surface area contributed by atoms with E-state index < -0.39 is 0 Å². The van der Waals surface area contributed by atoms with E-state index in [1.165, 1.54) is 0 Å². The number of hydrogen-bond donors (Lipinski definition) is 2. The van der Waals surface area contributed by atoms with Crippen LogP contribution in [0.3, 0.4) is 0 Å². The summed E-state index contributed by atoms with van der Waals surface area (Å²) in [6.07, 6.45) is 3.78. The topological polar surface area (TPSA) is 87.7 Å². The second kappa shape index (κ2) is 6.12. The number of amides is 1. The highest BCUT2D eigenvalue weighted by atomic mass is 16.2. The maximum absolute atomic E-state index is 12.7. The Morgan fingerprint density at radius 2 is 2.08 bits per heavy atom. The lowest BCUT2D eigenvalue weighted by atomic mass is 10.1. The van der Waals surface area contributed by atoms with Gasteiger partial charge in [0.1, 0.15) is 5.69 Å². The van der Waals surface area contributed by atoms with Crippen LogP contribution in [0, 0.1) is 12.8 Å². The number of carbonyl (C=O) groups is 1. The van der Waals surface area contributed by atoms with Crippen LogP contribution in [0.15, 0.2) is 47.4 Å². The molecule has 126 valence electrons. The molecule has 6 heteroatoms. The molecule has 1 aliphatic carbocycles. The van der Waals surface area contributed by atoms with Gasteiger partial charge in [-0.05, 0) is 49.3 Å². The summed E-state index contributed by atoms with van der Waals surface area (Å²) >= 11 is 0. The molecule has 2 aromatic heterocycles. The minimum absolute atomic E-state index is 0.234. The van der Waals surface area contributed by atoms with Crippen molar-refractivity contribution in [1.82, 2.24) is 20.3 Å². The maximum Gasteiger partial charge on any atom is 0.268 e. The lowest BCUT2D eigenvalue weighted by Gasteiger charge is -2.17. The Balaban J connectivity index is 1.65. The summed E-state index contributed by atoms with van der Waals surface area (Å²) in [5, 5.41) is 4.31. The normalized spacial score (nSPS) is 15.1. The molecule has 0 saturated heterocycles. The van der Waals surface area contributed by atoms with Crippen LogP contribution in [0.5, 0.6) is 0 Å². The van der Waals surface area contributed by atoms with E-state index in [0.29, 0.717) is 17.1 Å². The van der Waals surface area contributed by atoms with Crippen molar-refractivity contribution in [2.45, 2.75) is 25.8 Å². The fourth-order valence-corrected chi connectivity index (χ4v) is 2.99. The summed E-state index contributed by atoms with van der Waals surface area (Å²) in [7, 11) is 0. The molecule has 2 heterocycles. The van der Waals surface area contributed by atoms with Gasteiger partial charge in [-0.15, -0.1) is 0 Å². The van der Waals surface area contributed by atoms with Gasteiger partial charge < -0.3 is 10.3 Å². The zero-order valence-corrected chi connectivity index (χ0v) is 13.8. The van der Waals surface area contributed by atoms with E-state index in [1.54, 1.807) is 24.4 Å². The highest BCUT2D eigenvalue weighted by molar-refractivity contribution is 5.96. The molecule has 2 N–H and O–H groups in total. The first-order chi connectivity index (χ1) is 12.1. The number of aryl methyl sites for hydroxylation is 1. The van der Waals surface area contributed by atoms with Crippen LogP contribution >= 0.6 is 0 Å². The molecule has 1 aliphatic rings. The highest BCUT2D eigenvalue weighted by Gasteiger charge is 2.35. The molecule has 0 unspecified atom stereocenters. The number of aromatic amines is 1. The van der Waals surface area contributed by atoms with Crippen molar-refractivity contribution in [3.63, 3.8) is 0 Å². The molecule has 3 aromatic rings. The number of nitrogens with zero attached hydrogens (tertiary/aromatic N) is 2. The van der Waals surface area contributed by atoms with E-state index >= 15 is 0 Å². The van der Waals surface area contributed by atoms with E-state index in [1.807, 2.05) is 25.1 Å². The van der Waals surface area contributed by atoms with Crippen LogP contribution in [-0.2, 0) is 0 Å². The molecular formula is C19H18N4O2. The van der Waals surface area contributed by atoms with E-state index in [9.17, 15) is 9.59 Å². The van der Waals surface area contributed by atoms with Crippen molar-refractivity contribution in [1.29, 1.82) is 0 Å². The molecule has 4 rings (SSSR count). The van der Waals surface area contributed by atoms with Crippen molar-refractivity contribution in [3.05, 3.63) is 70.2 Å². The minimum Gasteiger partial charge on any atom is -0.340 e. The molecule has 1 aromatic carbocycles. The second-order valence-corrected chi connectivity index (χ2v) is 6.44. The molecule has 0 aliphatic heterocycles. The number of H-pyrrole nitrogens is 1. The second-order valence-electron chi connectivity index (χ2n) is 6.44. The van der Waals surface area contributed by atoms with Crippen molar-refractivity contribution in [2.75, 3.05) is 0 Å². The first kappa shape index (κ1) is 15.5. The molecule has 0 radical (unpaired) electrons. The third-order valence-corrected chi connectivity index (χ3v) is 4.47. The fraction of sp³-hybridized carbons (Fsp3) is 0.263. The van der Waals surface area contributed by atoms with Gasteiger partial charge in [0.2, 0.25) is 0 Å². The van der Waals surface area contributed by atoms with Gasteiger partial charge in [0.25, 0.3) is 11.5 Å². The Hall–Kier alpha value is -3.02. The van der Waals surface area contributed by atoms with E-state index in [0.717, 1.165) is 23.9 Å². The fourth-order valence-electron chi connectivity index (χ4n) is 2.99. The lowest BCUT2D eigenvalue weighted by molar-refractivity contribution is 0.0924. The van der Waals surface area contributed by atoms with Gasteiger partial charge in [0.05, 0.1) is 6.04 Å². The Kier molecular flexibility index (Phi) is 3.80. The number of nitrogens with one attached hydrogen (secondary N) is 2. The van der Waals surface area contributed by atoms with Crippen molar-refractivity contribution >= 4 is 16.7 Å². The van der Waals surface area contributed by atoms with Gasteiger partial charge in [-0.1, -0.05) is 18.2 Å². The minimum atomic E-state index is -0.315. The van der Waals surface area contributed by atoms with E-state index in [2.05, 4.69) is 20.3 Å². The molecule has 1 atom stereocenters. The average molecular weight is 334 g/mol. The van der Waals surface area contributed by atoms with Crippen molar-refractivity contribution in [2.24, 2.45) is 5.92 Å². The number of fused-ring (bicyclic) bond motifs is 1. The molecule has 1 amide bonds. The van der Waals surface area contributed by atoms with Crippen molar-refractivity contribution < 1.29 is 4.79 Å². The molecular weight excluding hydrogens is 316 g/mol.